The number of hydrogen-bond donors (Lipinski definition) is 1. The molecule has 0 aliphatic carbocycles. The summed E-state index contributed by atoms with van der Waals surface area (Å²) in [5.41, 5.74) is 6.71. The Morgan fingerprint density at radius 2 is 2.05 bits per heavy atom. The predicted molar refractivity (Wildman–Crippen MR) is 79.6 cm³/mol. The summed E-state index contributed by atoms with van der Waals surface area (Å²) >= 11 is 0. The van der Waals surface area contributed by atoms with E-state index in [9.17, 15) is 13.0 Å². The lowest BCUT2D eigenvalue weighted by Crippen LogP contribution is -2.10. The smallest absolute Gasteiger partial charge is 0.135 e. The minimum Gasteiger partial charge on any atom is -0.325 e. The van der Waals surface area contributed by atoms with Gasteiger partial charge in [-0.2, -0.15) is 0 Å². The summed E-state index contributed by atoms with van der Waals surface area (Å²) in [5, 5.41) is 7.58. The maximum Gasteiger partial charge on any atom is 0.135 e. The van der Waals surface area contributed by atoms with Crippen molar-refractivity contribution < 1.29 is 13.0 Å². The molecule has 5 nitrogen and oxygen atoms in total. The van der Waals surface area contributed by atoms with E-state index in [-0.39, 0.29) is 17.8 Å². The number of nitrogens with two attached hydrogens (primary N) is 1. The van der Waals surface area contributed by atoms with Gasteiger partial charge < -0.3 is 5.73 Å². The summed E-state index contributed by atoms with van der Waals surface area (Å²) in [6.07, 6.45) is 3.57. The second-order valence-electron chi connectivity index (χ2n) is 4.93. The van der Waals surface area contributed by atoms with E-state index in [1.54, 1.807) is 6.08 Å². The van der Waals surface area contributed by atoms with E-state index in [0.717, 1.165) is 0 Å². The lowest BCUT2D eigenvalue weighted by molar-refractivity contribution is 0.572. The van der Waals surface area contributed by atoms with Crippen LogP contribution in [-0.4, -0.2) is 30.7 Å². The standard InChI is InChI=1S/C14H14F2N4OS/c15-12-5-11(20-8-10(7-17)18-19-20)6-13(16)14(12)9-1-3-22(21)4-2-9/h1,5-6,8H,2-4,7,17H2. The molecule has 0 amide bonds. The van der Waals surface area contributed by atoms with Crippen molar-refractivity contribution in [3.8, 4) is 5.69 Å². The number of allylic oxidation sites excluding steroid dienone is 1. The number of nitrogens with zero attached hydrogens (tertiary/aromatic N) is 3. The molecule has 116 valence electrons. The summed E-state index contributed by atoms with van der Waals surface area (Å²) in [7, 11) is -0.936. The normalized spacial score (nSPS) is 18.3. The molecule has 1 unspecified atom stereocenters. The van der Waals surface area contributed by atoms with Crippen LogP contribution in [0.5, 0.6) is 0 Å². The van der Waals surface area contributed by atoms with Gasteiger partial charge in [0.15, 0.2) is 0 Å². The molecule has 1 aliphatic heterocycles. The Morgan fingerprint density at radius 3 is 2.59 bits per heavy atom. The summed E-state index contributed by atoms with van der Waals surface area (Å²) < 4.78 is 41.3. The predicted octanol–water partition coefficient (Wildman–Crippen LogP) is 1.54. The van der Waals surface area contributed by atoms with Crippen LogP contribution < -0.4 is 5.73 Å². The fourth-order valence-electron chi connectivity index (χ4n) is 2.35. The molecule has 0 spiro atoms. The molecule has 0 radical (unpaired) electrons. The maximum atomic E-state index is 14.3. The van der Waals surface area contributed by atoms with Crippen LogP contribution in [0.4, 0.5) is 8.78 Å². The number of rotatable bonds is 3. The molecule has 1 aromatic carbocycles. The molecule has 8 heteroatoms. The van der Waals surface area contributed by atoms with Crippen LogP contribution in [0, 0.1) is 11.6 Å². The molecule has 0 bridgehead atoms. The topological polar surface area (TPSA) is 73.8 Å². The van der Waals surface area contributed by atoms with Crippen molar-refractivity contribution in [2.24, 2.45) is 5.73 Å². The molecular weight excluding hydrogens is 310 g/mol. The molecule has 1 aromatic heterocycles. The highest BCUT2D eigenvalue weighted by Gasteiger charge is 2.19. The van der Waals surface area contributed by atoms with Crippen LogP contribution in [-0.2, 0) is 17.3 Å². The number of aromatic nitrogens is 3. The van der Waals surface area contributed by atoms with Crippen LogP contribution in [0.2, 0.25) is 0 Å². The average Bonchev–Trinajstić information content (AvgIpc) is 2.97. The minimum atomic E-state index is -0.936. The first-order chi connectivity index (χ1) is 10.6. The fourth-order valence-corrected chi connectivity index (χ4v) is 3.35. The molecule has 0 saturated carbocycles. The lowest BCUT2D eigenvalue weighted by Gasteiger charge is -2.15. The highest BCUT2D eigenvalue weighted by atomic mass is 32.2. The number of hydrogen-bond acceptors (Lipinski definition) is 4. The van der Waals surface area contributed by atoms with Gasteiger partial charge in [-0.25, -0.2) is 13.5 Å². The second kappa shape index (κ2) is 6.05. The van der Waals surface area contributed by atoms with Gasteiger partial charge in [-0.15, -0.1) is 5.10 Å². The van der Waals surface area contributed by atoms with E-state index >= 15 is 0 Å². The minimum absolute atomic E-state index is 0.0559. The third-order valence-corrected chi connectivity index (χ3v) is 4.68. The molecule has 2 heterocycles. The van der Waals surface area contributed by atoms with Gasteiger partial charge in [0.2, 0.25) is 0 Å². The Kier molecular flexibility index (Phi) is 4.12. The van der Waals surface area contributed by atoms with Crippen LogP contribution in [0.3, 0.4) is 0 Å². The summed E-state index contributed by atoms with van der Waals surface area (Å²) in [5.74, 6) is -0.577. The van der Waals surface area contributed by atoms with Gasteiger partial charge in [0.1, 0.15) is 11.6 Å². The molecule has 0 fully saturated rings. The molecule has 3 rings (SSSR count). The Hall–Kier alpha value is -1.93. The molecule has 1 atom stereocenters. The van der Waals surface area contributed by atoms with E-state index in [2.05, 4.69) is 10.3 Å². The van der Waals surface area contributed by atoms with Crippen molar-refractivity contribution in [3.63, 3.8) is 0 Å². The van der Waals surface area contributed by atoms with Gasteiger partial charge in [0.05, 0.1) is 17.6 Å². The number of halogens is 2. The third-order valence-electron chi connectivity index (χ3n) is 3.48. The monoisotopic (exact) mass is 324 g/mol. The van der Waals surface area contributed by atoms with Crippen molar-refractivity contribution >= 4 is 16.4 Å². The Bertz CT molecular complexity index is 749. The first-order valence-electron chi connectivity index (χ1n) is 6.73. The largest absolute Gasteiger partial charge is 0.325 e. The van der Waals surface area contributed by atoms with E-state index in [4.69, 9.17) is 5.73 Å². The van der Waals surface area contributed by atoms with Crippen molar-refractivity contribution in [1.29, 1.82) is 0 Å². The molecule has 22 heavy (non-hydrogen) atoms. The first kappa shape index (κ1) is 15.0. The highest BCUT2D eigenvalue weighted by Crippen LogP contribution is 2.29. The Balaban J connectivity index is 1.99. The van der Waals surface area contributed by atoms with Crippen LogP contribution >= 0.6 is 0 Å². The van der Waals surface area contributed by atoms with Crippen molar-refractivity contribution in [3.05, 3.63) is 47.3 Å². The summed E-state index contributed by atoms with van der Waals surface area (Å²) in [6, 6.07) is 2.42. The lowest BCUT2D eigenvalue weighted by atomic mass is 10.0. The number of benzene rings is 1. The summed E-state index contributed by atoms with van der Waals surface area (Å²) in [6.45, 7) is 0.201. The first-order valence-corrected chi connectivity index (χ1v) is 8.22. The van der Waals surface area contributed by atoms with Gasteiger partial charge in [-0.05, 0) is 12.0 Å². The maximum absolute atomic E-state index is 14.3. The van der Waals surface area contributed by atoms with Crippen LogP contribution in [0.15, 0.2) is 24.4 Å². The molecule has 2 aromatic rings. The van der Waals surface area contributed by atoms with Gasteiger partial charge >= 0.3 is 0 Å². The van der Waals surface area contributed by atoms with E-state index < -0.39 is 22.4 Å². The van der Waals surface area contributed by atoms with Crippen molar-refractivity contribution in [1.82, 2.24) is 15.0 Å². The van der Waals surface area contributed by atoms with Gasteiger partial charge in [0.25, 0.3) is 0 Å². The zero-order chi connectivity index (χ0) is 15.7. The molecule has 0 saturated heterocycles. The van der Waals surface area contributed by atoms with Gasteiger partial charge in [-0.1, -0.05) is 11.3 Å². The third kappa shape index (κ3) is 2.84. The van der Waals surface area contributed by atoms with Gasteiger partial charge in [-0.3, -0.25) is 4.21 Å². The zero-order valence-corrected chi connectivity index (χ0v) is 12.4. The van der Waals surface area contributed by atoms with Crippen LogP contribution in [0.1, 0.15) is 17.7 Å². The zero-order valence-electron chi connectivity index (χ0n) is 11.6. The quantitative estimate of drug-likeness (QED) is 0.929. The van der Waals surface area contributed by atoms with E-state index in [0.29, 0.717) is 29.2 Å². The average molecular weight is 324 g/mol. The van der Waals surface area contributed by atoms with Crippen molar-refractivity contribution in [2.75, 3.05) is 11.5 Å². The van der Waals surface area contributed by atoms with Crippen LogP contribution in [0.25, 0.3) is 11.3 Å². The Labute approximate surface area is 128 Å². The second-order valence-corrected chi connectivity index (χ2v) is 6.55. The SMILES string of the molecule is NCc1cn(-c2cc(F)c(C3=CCS(=O)CC3)c(F)c2)nn1. The summed E-state index contributed by atoms with van der Waals surface area (Å²) in [4.78, 5) is 0. The molecular formula is C14H14F2N4OS. The van der Waals surface area contributed by atoms with Crippen molar-refractivity contribution in [2.45, 2.75) is 13.0 Å². The van der Waals surface area contributed by atoms with Gasteiger partial charge in [0, 0.05) is 46.5 Å². The highest BCUT2D eigenvalue weighted by molar-refractivity contribution is 7.85. The fraction of sp³-hybridized carbons (Fsp3) is 0.286. The molecule has 1 aliphatic rings. The van der Waals surface area contributed by atoms with E-state index in [1.807, 2.05) is 0 Å². The Morgan fingerprint density at radius 1 is 1.32 bits per heavy atom. The molecule has 2 N–H and O–H groups in total. The van der Waals surface area contributed by atoms with E-state index in [1.165, 1.54) is 23.0 Å².